The Bertz CT molecular complexity index is 1860. The second-order valence-corrected chi connectivity index (χ2v) is 17.7. The summed E-state index contributed by atoms with van der Waals surface area (Å²) in [5.74, 6) is -0.0385. The summed E-state index contributed by atoms with van der Waals surface area (Å²) in [6.07, 6.45) is 2.32. The van der Waals surface area contributed by atoms with Crippen LogP contribution in [0.15, 0.2) is 72.9 Å². The van der Waals surface area contributed by atoms with Gasteiger partial charge in [-0.1, -0.05) is 48.0 Å². The zero-order valence-corrected chi connectivity index (χ0v) is 28.8. The topological polar surface area (TPSA) is 130 Å². The number of amides is 2. The number of carbonyl (C=O) groups excluding carboxylic acids is 2. The number of fused-ring (bicyclic) bond motifs is 3. The summed E-state index contributed by atoms with van der Waals surface area (Å²) in [7, 11) is -2.85. The average Bonchev–Trinajstić information content (AvgIpc) is 3.70. The van der Waals surface area contributed by atoms with Gasteiger partial charge < -0.3 is 24.3 Å². The fraction of sp³-hybridized carbons (Fsp3) is 0.371. The largest absolute Gasteiger partial charge is 0.482 e. The molecule has 1 spiro atoms. The number of carbonyl (C=O) groups is 2. The molecule has 4 atom stereocenters. The minimum absolute atomic E-state index is 0.0103. The van der Waals surface area contributed by atoms with Crippen LogP contribution in [-0.4, -0.2) is 64.3 Å². The fourth-order valence-electron chi connectivity index (χ4n) is 7.73. The molecule has 0 bridgehead atoms. The first-order chi connectivity index (χ1) is 23.0. The molecule has 11 nitrogen and oxygen atoms in total. The van der Waals surface area contributed by atoms with E-state index in [1.165, 1.54) is 0 Å². The van der Waals surface area contributed by atoms with Crippen molar-refractivity contribution in [3.05, 3.63) is 94.8 Å². The molecule has 1 fully saturated rings. The van der Waals surface area contributed by atoms with Crippen LogP contribution in [0, 0.1) is 5.92 Å². The van der Waals surface area contributed by atoms with Gasteiger partial charge in [0.25, 0.3) is 11.8 Å². The van der Waals surface area contributed by atoms with Crippen LogP contribution in [0.1, 0.15) is 30.2 Å². The van der Waals surface area contributed by atoms with Gasteiger partial charge in [-0.3, -0.25) is 19.2 Å². The van der Waals surface area contributed by atoms with E-state index in [1.807, 2.05) is 80.7 Å². The lowest BCUT2D eigenvalue weighted by Gasteiger charge is -2.32. The highest BCUT2D eigenvalue weighted by atomic mass is 35.5. The summed E-state index contributed by atoms with van der Waals surface area (Å²) in [6.45, 7) is 6.50. The van der Waals surface area contributed by atoms with E-state index in [0.29, 0.717) is 52.8 Å². The third-order valence-electron chi connectivity index (χ3n) is 9.78. The van der Waals surface area contributed by atoms with Gasteiger partial charge >= 0.3 is 0 Å². The maximum absolute atomic E-state index is 14.7. The molecule has 3 aromatic carbocycles. The predicted molar refractivity (Wildman–Crippen MR) is 183 cm³/mol. The van der Waals surface area contributed by atoms with Gasteiger partial charge in [-0.05, 0) is 67.5 Å². The first kappa shape index (κ1) is 32.5. The number of aryl methyl sites for hydroxylation is 1. The Morgan fingerprint density at radius 2 is 1.83 bits per heavy atom. The number of ether oxygens (including phenoxy) is 2. The van der Waals surface area contributed by atoms with Crippen molar-refractivity contribution in [1.29, 1.82) is 0 Å². The lowest BCUT2D eigenvalue weighted by atomic mass is 9.82. The van der Waals surface area contributed by atoms with Crippen molar-refractivity contribution >= 4 is 48.8 Å². The highest BCUT2D eigenvalue weighted by molar-refractivity contribution is 6.71. The highest BCUT2D eigenvalue weighted by Crippen LogP contribution is 2.60. The van der Waals surface area contributed by atoms with Gasteiger partial charge in [0.15, 0.2) is 20.5 Å². The van der Waals surface area contributed by atoms with Gasteiger partial charge in [-0.15, -0.1) is 5.10 Å². The average molecular weight is 688 g/mol. The molecule has 0 aliphatic carbocycles. The van der Waals surface area contributed by atoms with Crippen molar-refractivity contribution in [3.8, 4) is 5.75 Å². The number of hydrogen-bond acceptors (Lipinski definition) is 8. The monoisotopic (exact) mass is 687 g/mol. The Hall–Kier alpha value is -4.07. The first-order valence-electron chi connectivity index (χ1n) is 16.2. The molecule has 0 saturated carbocycles. The molecule has 2 amide bonds. The summed E-state index contributed by atoms with van der Waals surface area (Å²) in [6, 6.07) is 20.5. The van der Waals surface area contributed by atoms with Crippen molar-refractivity contribution in [3.63, 3.8) is 0 Å². The third kappa shape index (κ3) is 5.51. The maximum atomic E-state index is 14.7. The molecule has 250 valence electrons. The molecule has 1 aromatic heterocycles. The molecule has 2 N–H and O–H groups in total. The van der Waals surface area contributed by atoms with Crippen LogP contribution in [0.3, 0.4) is 0 Å². The zero-order chi connectivity index (χ0) is 33.8. The first-order valence-corrected chi connectivity index (χ1v) is 19.6. The summed E-state index contributed by atoms with van der Waals surface area (Å²) in [4.78, 5) is 42.6. The van der Waals surface area contributed by atoms with E-state index < -0.39 is 20.0 Å². The van der Waals surface area contributed by atoms with Crippen molar-refractivity contribution in [2.45, 2.75) is 63.2 Å². The van der Waals surface area contributed by atoms with Crippen molar-refractivity contribution in [2.75, 3.05) is 23.0 Å². The van der Waals surface area contributed by atoms with Crippen LogP contribution < -0.4 is 14.5 Å². The van der Waals surface area contributed by atoms with Gasteiger partial charge in [0.1, 0.15) is 5.75 Å². The van der Waals surface area contributed by atoms with E-state index in [4.69, 9.17) is 21.1 Å². The quantitative estimate of drug-likeness (QED) is 0.236. The van der Waals surface area contributed by atoms with E-state index in [2.05, 4.69) is 10.3 Å². The number of nitrogens with zero attached hydrogens (tertiary/aromatic N) is 5. The molecule has 0 radical (unpaired) electrons. The molecule has 7 rings (SSSR count). The molecule has 13 heteroatoms. The van der Waals surface area contributed by atoms with Crippen molar-refractivity contribution in [2.24, 2.45) is 5.92 Å². The SMILES string of the molecule is C[C@H]1[C@H]([Si](C)(C)O)[C@@H](CCn2cc(CCO)nn2)O[C@]12C(=O)N(Cc1ccc(N3C(=O)COc4ccccc43)cc1)c1ccc(Cl)cc12. The maximum Gasteiger partial charge on any atom is 0.269 e. The number of para-hydroxylation sites is 2. The number of benzene rings is 3. The van der Waals surface area contributed by atoms with Crippen LogP contribution in [0.4, 0.5) is 17.1 Å². The van der Waals surface area contributed by atoms with Crippen LogP contribution in [-0.2, 0) is 39.4 Å². The highest BCUT2D eigenvalue weighted by Gasteiger charge is 2.66. The Balaban J connectivity index is 1.18. The summed E-state index contributed by atoms with van der Waals surface area (Å²) >= 11 is 6.56. The van der Waals surface area contributed by atoms with Gasteiger partial charge in [-0.25, -0.2) is 0 Å². The second kappa shape index (κ2) is 12.4. The van der Waals surface area contributed by atoms with Gasteiger partial charge in [0.2, 0.25) is 0 Å². The van der Waals surface area contributed by atoms with Crippen LogP contribution >= 0.6 is 11.6 Å². The molecule has 4 heterocycles. The third-order valence-corrected chi connectivity index (χ3v) is 12.5. The zero-order valence-electron chi connectivity index (χ0n) is 27.0. The summed E-state index contributed by atoms with van der Waals surface area (Å²) in [5.41, 5.74) is 2.82. The number of hydrogen-bond donors (Lipinski definition) is 2. The molecular weight excluding hydrogens is 650 g/mol. The van der Waals surface area contributed by atoms with Crippen LogP contribution in [0.25, 0.3) is 0 Å². The number of rotatable bonds is 9. The summed E-state index contributed by atoms with van der Waals surface area (Å²) < 4.78 is 14.2. The van der Waals surface area contributed by atoms with Crippen LogP contribution in [0.2, 0.25) is 23.7 Å². The molecule has 3 aliphatic rings. The predicted octanol–water partition coefficient (Wildman–Crippen LogP) is 4.96. The van der Waals surface area contributed by atoms with Gasteiger partial charge in [0.05, 0.1) is 29.7 Å². The number of aromatic nitrogens is 3. The number of aliphatic hydroxyl groups excluding tert-OH is 1. The van der Waals surface area contributed by atoms with E-state index in [9.17, 15) is 19.5 Å². The number of aliphatic hydroxyl groups is 1. The Labute approximate surface area is 284 Å². The van der Waals surface area contributed by atoms with Gasteiger partial charge in [0, 0.05) is 53.5 Å². The van der Waals surface area contributed by atoms with Crippen molar-refractivity contribution in [1.82, 2.24) is 15.0 Å². The Morgan fingerprint density at radius 3 is 2.58 bits per heavy atom. The fourth-order valence-corrected chi connectivity index (χ4v) is 10.5. The number of anilines is 3. The normalized spacial score (nSPS) is 23.5. The van der Waals surface area contributed by atoms with Crippen molar-refractivity contribution < 1.29 is 29.0 Å². The minimum atomic E-state index is -2.85. The number of halogens is 1. The molecule has 1 saturated heterocycles. The summed E-state index contributed by atoms with van der Waals surface area (Å²) in [5, 5.41) is 18.1. The van der Waals surface area contributed by atoms with Gasteiger partial charge in [-0.2, -0.15) is 0 Å². The van der Waals surface area contributed by atoms with E-state index in [1.54, 1.807) is 26.7 Å². The molecule has 3 aliphatic heterocycles. The van der Waals surface area contributed by atoms with E-state index >= 15 is 0 Å². The lowest BCUT2D eigenvalue weighted by Crippen LogP contribution is -2.46. The molecule has 48 heavy (non-hydrogen) atoms. The Morgan fingerprint density at radius 1 is 1.06 bits per heavy atom. The molecule has 4 aromatic rings. The van der Waals surface area contributed by atoms with E-state index in [-0.39, 0.29) is 43.0 Å². The Kier molecular flexibility index (Phi) is 8.41. The smallest absolute Gasteiger partial charge is 0.269 e. The molecule has 0 unspecified atom stereocenters. The van der Waals surface area contributed by atoms with E-state index in [0.717, 1.165) is 11.3 Å². The van der Waals surface area contributed by atoms with Crippen LogP contribution in [0.5, 0.6) is 5.75 Å². The molecular formula is C35H38ClN5O6Si. The lowest BCUT2D eigenvalue weighted by molar-refractivity contribution is -0.146. The second-order valence-electron chi connectivity index (χ2n) is 13.3. The minimum Gasteiger partial charge on any atom is -0.482 e. The standard InChI is InChI=1S/C35H38ClN5O6Si/c1-22-33(48(2,3)45)31(14-16-39-20-25(15-17-42)37-38-39)47-35(22)27-18-24(36)10-13-28(27)40(34(35)44)19-23-8-11-26(12-9-23)41-29-6-4-5-7-30(29)46-21-32(41)43/h4-13,18,20,22,31,33,42,45H,14-17,19,21H2,1-3H3/t22-,31+,33-,35+/m0/s1.